The molecule has 0 aliphatic rings. The van der Waals surface area contributed by atoms with Gasteiger partial charge in [0, 0.05) is 5.75 Å². The molecule has 0 saturated carbocycles. The minimum atomic E-state index is -0.138. The van der Waals surface area contributed by atoms with Gasteiger partial charge in [0.2, 0.25) is 0 Å². The fourth-order valence-corrected chi connectivity index (χ4v) is 2.97. The van der Waals surface area contributed by atoms with Crippen molar-refractivity contribution in [3.63, 3.8) is 0 Å². The summed E-state index contributed by atoms with van der Waals surface area (Å²) in [4.78, 5) is 16.6. The molecule has 5 heteroatoms. The number of nitrogens with zero attached hydrogens (tertiary/aromatic N) is 2. The molecular weight excluding hydrogens is 294 g/mol. The molecule has 2 aromatic carbocycles. The number of para-hydroxylation sites is 2. The quantitative estimate of drug-likeness (QED) is 0.785. The maximum atomic E-state index is 12.3. The first kappa shape index (κ1) is 14.7. The Morgan fingerprint density at radius 2 is 1.91 bits per heavy atom. The topological polar surface area (TPSA) is 46.9 Å². The summed E-state index contributed by atoms with van der Waals surface area (Å²) in [5.74, 6) is 0.796. The van der Waals surface area contributed by atoms with Crippen molar-refractivity contribution >= 4 is 28.7 Å². The van der Waals surface area contributed by atoms with E-state index in [0.29, 0.717) is 0 Å². The number of imidazole rings is 1. The highest BCUT2D eigenvalue weighted by Gasteiger charge is 2.14. The number of hydrogen-bond donors (Lipinski definition) is 1. The average Bonchev–Trinajstić information content (AvgIpc) is 2.97. The van der Waals surface area contributed by atoms with Crippen LogP contribution in [0.5, 0.6) is 0 Å². The second-order valence-corrected chi connectivity index (χ2v) is 6.35. The van der Waals surface area contributed by atoms with E-state index < -0.39 is 0 Å². The Morgan fingerprint density at radius 1 is 1.18 bits per heavy atom. The Bertz CT molecular complexity index is 770. The van der Waals surface area contributed by atoms with Gasteiger partial charge in [-0.25, -0.2) is 9.66 Å². The first-order valence-electron chi connectivity index (χ1n) is 7.12. The van der Waals surface area contributed by atoms with Crippen LogP contribution in [0, 0.1) is 0 Å². The van der Waals surface area contributed by atoms with Crippen molar-refractivity contribution in [2.75, 3.05) is 5.43 Å². The maximum absolute atomic E-state index is 12.3. The van der Waals surface area contributed by atoms with Gasteiger partial charge in [-0.3, -0.25) is 10.2 Å². The fourth-order valence-electron chi connectivity index (χ4n) is 2.13. The third-order valence-corrected chi connectivity index (χ3v) is 4.61. The zero-order valence-corrected chi connectivity index (χ0v) is 13.1. The molecule has 0 spiro atoms. The monoisotopic (exact) mass is 311 g/mol. The molecule has 1 atom stereocenters. The van der Waals surface area contributed by atoms with Gasteiger partial charge in [-0.15, -0.1) is 11.8 Å². The second-order valence-electron chi connectivity index (χ2n) is 5.02. The molecule has 0 saturated heterocycles. The van der Waals surface area contributed by atoms with E-state index in [1.807, 2.05) is 49.4 Å². The summed E-state index contributed by atoms with van der Waals surface area (Å²) in [6, 6.07) is 17.9. The highest BCUT2D eigenvalue weighted by molar-refractivity contribution is 7.99. The molecule has 3 rings (SSSR count). The lowest BCUT2D eigenvalue weighted by Crippen LogP contribution is -2.29. The van der Waals surface area contributed by atoms with Crippen molar-refractivity contribution in [1.82, 2.24) is 9.66 Å². The molecule has 0 aliphatic heterocycles. The second kappa shape index (κ2) is 6.66. The first-order valence-corrected chi connectivity index (χ1v) is 8.17. The van der Waals surface area contributed by atoms with E-state index in [9.17, 15) is 4.79 Å². The summed E-state index contributed by atoms with van der Waals surface area (Å²) in [7, 11) is 0. The Kier molecular flexibility index (Phi) is 4.44. The molecule has 0 unspecified atom stereocenters. The Balaban J connectivity index is 1.61. The number of rotatable bonds is 5. The predicted octanol–water partition coefficient (Wildman–Crippen LogP) is 3.43. The van der Waals surface area contributed by atoms with Crippen LogP contribution in [0.4, 0.5) is 0 Å². The zero-order chi connectivity index (χ0) is 15.4. The van der Waals surface area contributed by atoms with Gasteiger partial charge in [0.1, 0.15) is 6.33 Å². The van der Waals surface area contributed by atoms with Gasteiger partial charge in [0.05, 0.1) is 16.3 Å². The molecule has 1 amide bonds. The summed E-state index contributed by atoms with van der Waals surface area (Å²) in [6.45, 7) is 1.92. The summed E-state index contributed by atoms with van der Waals surface area (Å²) in [6.07, 6.45) is 1.64. The maximum Gasteiger partial charge on any atom is 0.251 e. The van der Waals surface area contributed by atoms with Gasteiger partial charge in [0.15, 0.2) is 0 Å². The van der Waals surface area contributed by atoms with Crippen LogP contribution in [0.15, 0.2) is 60.9 Å². The van der Waals surface area contributed by atoms with E-state index in [4.69, 9.17) is 0 Å². The van der Waals surface area contributed by atoms with Crippen LogP contribution in [0.2, 0.25) is 0 Å². The summed E-state index contributed by atoms with van der Waals surface area (Å²) in [5, 5.41) is -0.138. The van der Waals surface area contributed by atoms with E-state index in [0.717, 1.165) is 16.8 Å². The molecule has 1 aromatic heterocycles. The fraction of sp³-hybridized carbons (Fsp3) is 0.176. The number of fused-ring (bicyclic) bond motifs is 1. The molecule has 1 N–H and O–H groups in total. The van der Waals surface area contributed by atoms with Gasteiger partial charge in [-0.1, -0.05) is 42.5 Å². The smallest absolute Gasteiger partial charge is 0.251 e. The molecule has 0 fully saturated rings. The molecule has 3 aromatic rings. The first-order chi connectivity index (χ1) is 10.7. The molecule has 0 radical (unpaired) electrons. The van der Waals surface area contributed by atoms with E-state index in [1.54, 1.807) is 22.8 Å². The van der Waals surface area contributed by atoms with Crippen molar-refractivity contribution < 1.29 is 4.79 Å². The molecular formula is C17H17N3OS. The average molecular weight is 311 g/mol. The van der Waals surface area contributed by atoms with Crippen molar-refractivity contribution in [3.8, 4) is 0 Å². The van der Waals surface area contributed by atoms with E-state index in [1.165, 1.54) is 5.56 Å². The van der Waals surface area contributed by atoms with Crippen LogP contribution in [-0.4, -0.2) is 20.8 Å². The van der Waals surface area contributed by atoms with Gasteiger partial charge in [-0.05, 0) is 24.6 Å². The lowest BCUT2D eigenvalue weighted by atomic mass is 10.2. The minimum Gasteiger partial charge on any atom is -0.272 e. The number of nitrogens with one attached hydrogen (secondary N) is 1. The molecule has 4 nitrogen and oxygen atoms in total. The molecule has 22 heavy (non-hydrogen) atoms. The van der Waals surface area contributed by atoms with Crippen LogP contribution < -0.4 is 5.43 Å². The Hall–Kier alpha value is -2.27. The van der Waals surface area contributed by atoms with Crippen LogP contribution in [-0.2, 0) is 10.5 Å². The van der Waals surface area contributed by atoms with Crippen LogP contribution >= 0.6 is 11.8 Å². The minimum absolute atomic E-state index is 0.0240. The van der Waals surface area contributed by atoms with Gasteiger partial charge in [-0.2, -0.15) is 0 Å². The number of benzene rings is 2. The largest absolute Gasteiger partial charge is 0.272 e. The lowest BCUT2D eigenvalue weighted by molar-refractivity contribution is -0.116. The number of aromatic nitrogens is 2. The standard InChI is InChI=1S/C17H17N3OS/c1-13(22-11-14-7-3-2-4-8-14)17(21)19-20-12-18-15-9-5-6-10-16(15)20/h2-10,12-13H,11H2,1H3,(H,19,21)/t13-/m1/s1. The van der Waals surface area contributed by atoms with Gasteiger partial charge >= 0.3 is 0 Å². The van der Waals surface area contributed by atoms with Crippen LogP contribution in [0.25, 0.3) is 11.0 Å². The van der Waals surface area contributed by atoms with E-state index in [-0.39, 0.29) is 11.2 Å². The molecule has 112 valence electrons. The van der Waals surface area contributed by atoms with Crippen molar-refractivity contribution in [1.29, 1.82) is 0 Å². The van der Waals surface area contributed by atoms with Gasteiger partial charge in [0.25, 0.3) is 5.91 Å². The van der Waals surface area contributed by atoms with E-state index >= 15 is 0 Å². The highest BCUT2D eigenvalue weighted by atomic mass is 32.2. The number of carbonyl (C=O) groups is 1. The predicted molar refractivity (Wildman–Crippen MR) is 91.3 cm³/mol. The zero-order valence-electron chi connectivity index (χ0n) is 12.3. The van der Waals surface area contributed by atoms with Crippen LogP contribution in [0.1, 0.15) is 12.5 Å². The molecule has 0 aliphatic carbocycles. The molecule has 0 bridgehead atoms. The van der Waals surface area contributed by atoms with Crippen molar-refractivity contribution in [2.45, 2.75) is 17.9 Å². The van der Waals surface area contributed by atoms with Crippen LogP contribution in [0.3, 0.4) is 0 Å². The number of thioether (sulfide) groups is 1. The number of hydrogen-bond acceptors (Lipinski definition) is 3. The Morgan fingerprint density at radius 3 is 2.73 bits per heavy atom. The summed E-state index contributed by atoms with van der Waals surface area (Å²) < 4.78 is 1.68. The summed E-state index contributed by atoms with van der Waals surface area (Å²) in [5.41, 5.74) is 5.88. The third kappa shape index (κ3) is 3.31. The van der Waals surface area contributed by atoms with Gasteiger partial charge < -0.3 is 0 Å². The van der Waals surface area contributed by atoms with Crippen molar-refractivity contribution in [3.05, 3.63) is 66.5 Å². The lowest BCUT2D eigenvalue weighted by Gasteiger charge is -2.13. The highest BCUT2D eigenvalue weighted by Crippen LogP contribution is 2.18. The van der Waals surface area contributed by atoms with E-state index in [2.05, 4.69) is 22.5 Å². The normalized spacial score (nSPS) is 12.2. The number of carbonyl (C=O) groups excluding carboxylic acids is 1. The Labute approximate surface area is 133 Å². The number of amides is 1. The SMILES string of the molecule is C[C@@H](SCc1ccccc1)C(=O)Nn1cnc2ccccc21. The van der Waals surface area contributed by atoms with Crippen molar-refractivity contribution in [2.24, 2.45) is 0 Å². The molecule has 1 heterocycles. The third-order valence-electron chi connectivity index (χ3n) is 3.40. The summed E-state index contributed by atoms with van der Waals surface area (Å²) >= 11 is 1.62.